The molecule has 1 aliphatic heterocycles. The molecule has 35 heavy (non-hydrogen) atoms. The van der Waals surface area contributed by atoms with Gasteiger partial charge < -0.3 is 19.3 Å². The Labute approximate surface area is 208 Å². The van der Waals surface area contributed by atoms with E-state index >= 15 is 0 Å². The van der Waals surface area contributed by atoms with Gasteiger partial charge in [0.05, 0.1) is 20.2 Å². The van der Waals surface area contributed by atoms with Gasteiger partial charge in [0.2, 0.25) is 0 Å². The number of fused-ring (bicyclic) bond motifs is 2. The second kappa shape index (κ2) is 9.50. The molecule has 6 heteroatoms. The maximum atomic E-state index is 6.19. The Balaban J connectivity index is 1.52. The van der Waals surface area contributed by atoms with Crippen LogP contribution >= 0.6 is 0 Å². The molecule has 2 heterocycles. The van der Waals surface area contributed by atoms with E-state index in [4.69, 9.17) is 19.4 Å². The number of anilines is 1. The normalized spacial score (nSPS) is 16.8. The highest BCUT2D eigenvalue weighted by Gasteiger charge is 2.31. The van der Waals surface area contributed by atoms with Gasteiger partial charge >= 0.3 is 0 Å². The molecule has 0 atom stereocenters. The maximum Gasteiger partial charge on any atom is 0.144 e. The van der Waals surface area contributed by atoms with Crippen molar-refractivity contribution in [2.24, 2.45) is 5.41 Å². The van der Waals surface area contributed by atoms with E-state index in [0.717, 1.165) is 62.0 Å². The summed E-state index contributed by atoms with van der Waals surface area (Å²) < 4.78 is 11.5. The second-order valence-corrected chi connectivity index (χ2v) is 10.8. The number of nitrogens with zero attached hydrogens (tertiary/aromatic N) is 4. The van der Waals surface area contributed by atoms with Gasteiger partial charge in [-0.1, -0.05) is 32.0 Å². The van der Waals surface area contributed by atoms with E-state index in [1.165, 1.54) is 27.9 Å². The highest BCUT2D eigenvalue weighted by atomic mass is 16.5. The zero-order chi connectivity index (χ0) is 24.6. The maximum absolute atomic E-state index is 6.19. The van der Waals surface area contributed by atoms with Gasteiger partial charge in [0, 0.05) is 23.4 Å². The van der Waals surface area contributed by atoms with Crippen LogP contribution in [0.5, 0.6) is 11.5 Å². The predicted molar refractivity (Wildman–Crippen MR) is 140 cm³/mol. The molecule has 3 aromatic rings. The first-order valence-electron chi connectivity index (χ1n) is 12.5. The van der Waals surface area contributed by atoms with Crippen LogP contribution in [0, 0.1) is 5.41 Å². The molecular formula is C29H36N4O2. The molecule has 0 unspecified atom stereocenters. The standard InChI is InChI=1S/C29H36N4O2/c1-29(2)13-12-25-24(17-29)28(31-27(30-25)19-32(3)4)33-14-15-35-26-11-8-21(16-22(26)18-33)20-6-9-23(34-5)10-7-20/h6-11,16H,12-15,17-19H2,1-5H3. The van der Waals surface area contributed by atoms with E-state index in [-0.39, 0.29) is 5.41 Å². The first-order valence-corrected chi connectivity index (χ1v) is 12.5. The van der Waals surface area contributed by atoms with Crippen molar-refractivity contribution in [3.63, 3.8) is 0 Å². The summed E-state index contributed by atoms with van der Waals surface area (Å²) in [5, 5.41) is 0. The summed E-state index contributed by atoms with van der Waals surface area (Å²) in [7, 11) is 5.84. The van der Waals surface area contributed by atoms with Crippen LogP contribution in [0.15, 0.2) is 42.5 Å². The lowest BCUT2D eigenvalue weighted by Crippen LogP contribution is -2.32. The second-order valence-electron chi connectivity index (χ2n) is 10.8. The average molecular weight is 473 g/mol. The Morgan fingerprint density at radius 1 is 1.06 bits per heavy atom. The molecule has 5 rings (SSSR count). The molecule has 2 aromatic carbocycles. The molecular weight excluding hydrogens is 436 g/mol. The Hall–Kier alpha value is -3.12. The fourth-order valence-corrected chi connectivity index (χ4v) is 5.13. The highest BCUT2D eigenvalue weighted by molar-refractivity contribution is 5.67. The van der Waals surface area contributed by atoms with Crippen LogP contribution in [-0.4, -0.2) is 49.2 Å². The molecule has 1 aromatic heterocycles. The average Bonchev–Trinajstić information content (AvgIpc) is 3.05. The van der Waals surface area contributed by atoms with Crippen molar-refractivity contribution in [2.45, 2.75) is 46.2 Å². The number of ether oxygens (including phenoxy) is 2. The lowest BCUT2D eigenvalue weighted by atomic mass is 9.76. The molecule has 2 aliphatic rings. The molecule has 0 fully saturated rings. The summed E-state index contributed by atoms with van der Waals surface area (Å²) in [6.07, 6.45) is 3.19. The van der Waals surface area contributed by atoms with E-state index < -0.39 is 0 Å². The third-order valence-electron chi connectivity index (χ3n) is 7.03. The summed E-state index contributed by atoms with van der Waals surface area (Å²) in [6.45, 7) is 7.67. The minimum absolute atomic E-state index is 0.260. The van der Waals surface area contributed by atoms with Crippen LogP contribution < -0.4 is 14.4 Å². The Morgan fingerprint density at radius 3 is 2.57 bits per heavy atom. The lowest BCUT2D eigenvalue weighted by Gasteiger charge is -2.34. The topological polar surface area (TPSA) is 50.7 Å². The fraction of sp³-hybridized carbons (Fsp3) is 0.448. The first-order chi connectivity index (χ1) is 16.8. The number of benzene rings is 2. The molecule has 6 nitrogen and oxygen atoms in total. The largest absolute Gasteiger partial charge is 0.497 e. The van der Waals surface area contributed by atoms with Crippen LogP contribution in [0.25, 0.3) is 11.1 Å². The Bertz CT molecular complexity index is 1200. The summed E-state index contributed by atoms with van der Waals surface area (Å²) in [5.41, 5.74) is 6.33. The van der Waals surface area contributed by atoms with Crippen molar-refractivity contribution in [1.82, 2.24) is 14.9 Å². The SMILES string of the molecule is COc1ccc(-c2ccc3c(c2)CN(c2nc(CN(C)C)nc4c2CC(C)(C)CC4)CCO3)cc1. The molecule has 0 amide bonds. The number of hydrogen-bond acceptors (Lipinski definition) is 6. The lowest BCUT2D eigenvalue weighted by molar-refractivity contribution is 0.308. The summed E-state index contributed by atoms with van der Waals surface area (Å²) >= 11 is 0. The summed E-state index contributed by atoms with van der Waals surface area (Å²) in [5.74, 6) is 3.82. The monoisotopic (exact) mass is 472 g/mol. The number of hydrogen-bond donors (Lipinski definition) is 0. The van der Waals surface area contributed by atoms with Crippen molar-refractivity contribution in [1.29, 1.82) is 0 Å². The summed E-state index contributed by atoms with van der Waals surface area (Å²) in [6, 6.07) is 14.7. The zero-order valence-corrected chi connectivity index (χ0v) is 21.6. The van der Waals surface area contributed by atoms with Crippen molar-refractivity contribution in [3.8, 4) is 22.6 Å². The van der Waals surface area contributed by atoms with Gasteiger partial charge in [-0.2, -0.15) is 0 Å². The zero-order valence-electron chi connectivity index (χ0n) is 21.6. The fourth-order valence-electron chi connectivity index (χ4n) is 5.13. The molecule has 1 aliphatic carbocycles. The van der Waals surface area contributed by atoms with Crippen molar-refractivity contribution >= 4 is 5.82 Å². The van der Waals surface area contributed by atoms with Gasteiger partial charge in [-0.05, 0) is 74.2 Å². The highest BCUT2D eigenvalue weighted by Crippen LogP contribution is 2.39. The molecule has 0 N–H and O–H groups in total. The molecule has 184 valence electrons. The smallest absolute Gasteiger partial charge is 0.144 e. The quantitative estimate of drug-likeness (QED) is 0.513. The number of methoxy groups -OCH3 is 1. The van der Waals surface area contributed by atoms with Crippen molar-refractivity contribution < 1.29 is 9.47 Å². The van der Waals surface area contributed by atoms with Gasteiger partial charge in [0.1, 0.15) is 29.7 Å². The minimum atomic E-state index is 0.260. The van der Waals surface area contributed by atoms with Crippen LogP contribution in [0.3, 0.4) is 0 Å². The molecule has 0 radical (unpaired) electrons. The van der Waals surface area contributed by atoms with Crippen LogP contribution in [-0.2, 0) is 25.9 Å². The number of aromatic nitrogens is 2. The van der Waals surface area contributed by atoms with Crippen LogP contribution in [0.4, 0.5) is 5.82 Å². The number of rotatable bonds is 5. The minimum Gasteiger partial charge on any atom is -0.497 e. The van der Waals surface area contributed by atoms with Crippen LogP contribution in [0.1, 0.15) is 42.9 Å². The molecule has 0 saturated heterocycles. The predicted octanol–water partition coefficient (Wildman–Crippen LogP) is 5.13. The molecule has 0 bridgehead atoms. The van der Waals surface area contributed by atoms with E-state index in [1.54, 1.807) is 7.11 Å². The van der Waals surface area contributed by atoms with E-state index in [0.29, 0.717) is 6.61 Å². The van der Waals surface area contributed by atoms with Crippen LogP contribution in [0.2, 0.25) is 0 Å². The Morgan fingerprint density at radius 2 is 1.83 bits per heavy atom. The molecule has 0 spiro atoms. The van der Waals surface area contributed by atoms with Gasteiger partial charge in [0.25, 0.3) is 0 Å². The van der Waals surface area contributed by atoms with Gasteiger partial charge in [-0.25, -0.2) is 9.97 Å². The third-order valence-corrected chi connectivity index (χ3v) is 7.03. The van der Waals surface area contributed by atoms with E-state index in [9.17, 15) is 0 Å². The summed E-state index contributed by atoms with van der Waals surface area (Å²) in [4.78, 5) is 14.7. The number of aryl methyl sites for hydroxylation is 1. The van der Waals surface area contributed by atoms with Crippen molar-refractivity contribution in [3.05, 3.63) is 65.1 Å². The van der Waals surface area contributed by atoms with E-state index in [2.05, 4.69) is 68.1 Å². The first kappa shape index (κ1) is 23.6. The third kappa shape index (κ3) is 5.13. The van der Waals surface area contributed by atoms with Crippen molar-refractivity contribution in [2.75, 3.05) is 39.3 Å². The van der Waals surface area contributed by atoms with Gasteiger partial charge in [-0.15, -0.1) is 0 Å². The van der Waals surface area contributed by atoms with Gasteiger partial charge in [0.15, 0.2) is 0 Å². The Kier molecular flexibility index (Phi) is 6.41. The molecule has 0 saturated carbocycles. The van der Waals surface area contributed by atoms with Gasteiger partial charge in [-0.3, -0.25) is 0 Å². The van der Waals surface area contributed by atoms with E-state index in [1.807, 2.05) is 12.1 Å².